The van der Waals surface area contributed by atoms with Gasteiger partial charge in [-0.2, -0.15) is 9.97 Å². The first kappa shape index (κ1) is 25.0. The highest BCUT2D eigenvalue weighted by Crippen LogP contribution is 2.40. The molecule has 0 aliphatic heterocycles. The van der Waals surface area contributed by atoms with E-state index in [-0.39, 0.29) is 0 Å². The first-order chi connectivity index (χ1) is 22.8. The lowest BCUT2D eigenvalue weighted by Crippen LogP contribution is -2.06. The lowest BCUT2D eigenvalue weighted by molar-refractivity contribution is 0.954. The maximum Gasteiger partial charge on any atom is 0.238 e. The van der Waals surface area contributed by atoms with Gasteiger partial charge in [-0.1, -0.05) is 115 Å². The lowest BCUT2D eigenvalue weighted by atomic mass is 10.0. The lowest BCUT2D eigenvalue weighted by Gasteiger charge is -2.13. The summed E-state index contributed by atoms with van der Waals surface area (Å²) < 4.78 is 4.61. The first-order valence-electron chi connectivity index (χ1n) is 15.5. The second kappa shape index (κ2) is 9.58. The smallest absolute Gasteiger partial charge is 0.238 e. The molecular formula is C41H25N5. The van der Waals surface area contributed by atoms with Gasteiger partial charge in [0.25, 0.3) is 0 Å². The van der Waals surface area contributed by atoms with Crippen molar-refractivity contribution in [3.05, 3.63) is 152 Å². The number of aromatic nitrogens is 5. The molecule has 46 heavy (non-hydrogen) atoms. The van der Waals surface area contributed by atoms with Crippen LogP contribution in [0.4, 0.5) is 0 Å². The van der Waals surface area contributed by atoms with Gasteiger partial charge in [0.15, 0.2) is 11.6 Å². The predicted molar refractivity (Wildman–Crippen MR) is 189 cm³/mol. The first-order valence-corrected chi connectivity index (χ1v) is 15.5. The van der Waals surface area contributed by atoms with Gasteiger partial charge in [0.1, 0.15) is 0 Å². The van der Waals surface area contributed by atoms with Gasteiger partial charge in [0, 0.05) is 38.1 Å². The Morgan fingerprint density at radius 1 is 0.348 bits per heavy atom. The van der Waals surface area contributed by atoms with Gasteiger partial charge in [0.2, 0.25) is 5.95 Å². The Morgan fingerprint density at radius 3 is 1.59 bits per heavy atom. The molecule has 0 bridgehead atoms. The molecule has 214 valence electrons. The number of hydrogen-bond acceptors (Lipinski definition) is 3. The van der Waals surface area contributed by atoms with Crippen LogP contribution >= 0.6 is 0 Å². The Bertz CT molecular complexity index is 2740. The van der Waals surface area contributed by atoms with E-state index in [0.717, 1.165) is 32.9 Å². The zero-order valence-electron chi connectivity index (χ0n) is 24.7. The van der Waals surface area contributed by atoms with Gasteiger partial charge in [-0.3, -0.25) is 4.57 Å². The van der Waals surface area contributed by atoms with Crippen LogP contribution < -0.4 is 0 Å². The summed E-state index contributed by atoms with van der Waals surface area (Å²) in [7, 11) is 0. The Kier molecular flexibility index (Phi) is 5.22. The molecule has 0 radical (unpaired) electrons. The quantitative estimate of drug-likeness (QED) is 0.193. The van der Waals surface area contributed by atoms with Gasteiger partial charge in [-0.15, -0.1) is 0 Å². The Balaban J connectivity index is 1.37. The van der Waals surface area contributed by atoms with Crippen LogP contribution in [-0.2, 0) is 0 Å². The number of para-hydroxylation sites is 3. The summed E-state index contributed by atoms with van der Waals surface area (Å²) in [5.74, 6) is 1.88. The van der Waals surface area contributed by atoms with Crippen molar-refractivity contribution in [1.29, 1.82) is 0 Å². The summed E-state index contributed by atoms with van der Waals surface area (Å²) in [6, 6.07) is 53.2. The molecule has 5 nitrogen and oxygen atoms in total. The highest BCUT2D eigenvalue weighted by Gasteiger charge is 2.20. The topological polar surface area (TPSA) is 48.0 Å². The number of pyridine rings is 1. The Morgan fingerprint density at radius 2 is 0.891 bits per heavy atom. The molecule has 0 amide bonds. The van der Waals surface area contributed by atoms with Crippen LogP contribution in [0.15, 0.2) is 152 Å². The standard InChI is InChI=1S/C41H25N5/c1-3-13-26(14-4-1)39-42-40(27-15-5-2-6-16-27)44-41(43-39)46-36-22-12-9-19-30(36)32-24-31-29-18-8-11-21-35(29)45-34-20-10-7-17-28(34)23-37(45)33(31)25-38(32)46/h1-25H. The van der Waals surface area contributed by atoms with Crippen LogP contribution in [0.2, 0.25) is 0 Å². The normalized spacial score (nSPS) is 11.9. The zero-order valence-corrected chi connectivity index (χ0v) is 24.7. The number of nitrogens with zero attached hydrogens (tertiary/aromatic N) is 5. The largest absolute Gasteiger partial charge is 0.309 e. The highest BCUT2D eigenvalue weighted by molar-refractivity contribution is 6.22. The summed E-state index contributed by atoms with van der Waals surface area (Å²) in [6.45, 7) is 0. The highest BCUT2D eigenvalue weighted by atomic mass is 15.2. The second-order valence-electron chi connectivity index (χ2n) is 11.7. The number of benzene rings is 6. The SMILES string of the molecule is c1ccc(-c2nc(-c3ccccc3)nc(-n3c4ccccc4c4cc5c6ccccc6n6c7ccccc7cc6c5cc43)n2)cc1. The number of rotatable bonds is 3. The third-order valence-electron chi connectivity index (χ3n) is 9.12. The fourth-order valence-electron chi connectivity index (χ4n) is 7.07. The van der Waals surface area contributed by atoms with Crippen molar-refractivity contribution in [2.45, 2.75) is 0 Å². The molecule has 0 aliphatic carbocycles. The molecule has 10 aromatic rings. The number of hydrogen-bond donors (Lipinski definition) is 0. The number of fused-ring (bicyclic) bond motifs is 11. The van der Waals surface area contributed by atoms with Gasteiger partial charge in [-0.25, -0.2) is 4.98 Å². The summed E-state index contributed by atoms with van der Waals surface area (Å²) >= 11 is 0. The molecule has 0 spiro atoms. The molecule has 0 aliphatic rings. The van der Waals surface area contributed by atoms with Crippen LogP contribution in [0.5, 0.6) is 0 Å². The van der Waals surface area contributed by atoms with E-state index in [1.165, 1.54) is 38.1 Å². The van der Waals surface area contributed by atoms with Crippen molar-refractivity contribution in [2.24, 2.45) is 0 Å². The molecule has 0 saturated heterocycles. The van der Waals surface area contributed by atoms with Crippen LogP contribution in [0.1, 0.15) is 0 Å². The van der Waals surface area contributed by atoms with E-state index in [9.17, 15) is 0 Å². The van der Waals surface area contributed by atoms with E-state index in [1.54, 1.807) is 0 Å². The van der Waals surface area contributed by atoms with Crippen LogP contribution in [0.3, 0.4) is 0 Å². The molecule has 0 unspecified atom stereocenters. The van der Waals surface area contributed by atoms with Crippen molar-refractivity contribution >= 4 is 59.9 Å². The summed E-state index contributed by atoms with van der Waals surface area (Å²) in [5, 5.41) is 7.18. The third-order valence-corrected chi connectivity index (χ3v) is 9.12. The van der Waals surface area contributed by atoms with Crippen molar-refractivity contribution < 1.29 is 0 Å². The Labute approximate surface area is 263 Å². The molecule has 0 saturated carbocycles. The van der Waals surface area contributed by atoms with E-state index in [1.807, 2.05) is 60.7 Å². The van der Waals surface area contributed by atoms with Gasteiger partial charge in [-0.05, 0) is 41.8 Å². The minimum Gasteiger partial charge on any atom is -0.309 e. The molecule has 4 heterocycles. The Hall–Kier alpha value is -6.33. The van der Waals surface area contributed by atoms with Crippen LogP contribution in [0, 0.1) is 0 Å². The summed E-state index contributed by atoms with van der Waals surface area (Å²) in [4.78, 5) is 15.2. The zero-order chi connectivity index (χ0) is 30.2. The summed E-state index contributed by atoms with van der Waals surface area (Å²) in [5.41, 5.74) is 7.59. The van der Waals surface area contributed by atoms with Crippen LogP contribution in [0.25, 0.3) is 88.6 Å². The molecule has 0 fully saturated rings. The molecule has 10 rings (SSSR count). The third kappa shape index (κ3) is 3.60. The average molecular weight is 588 g/mol. The van der Waals surface area contributed by atoms with E-state index in [0.29, 0.717) is 17.6 Å². The van der Waals surface area contributed by atoms with Crippen LogP contribution in [-0.4, -0.2) is 23.9 Å². The maximum atomic E-state index is 5.13. The van der Waals surface area contributed by atoms with Crippen molar-refractivity contribution in [3.8, 4) is 28.7 Å². The fourth-order valence-corrected chi connectivity index (χ4v) is 7.07. The predicted octanol–water partition coefficient (Wildman–Crippen LogP) is 10.0. The van der Waals surface area contributed by atoms with Crippen molar-refractivity contribution in [3.63, 3.8) is 0 Å². The monoisotopic (exact) mass is 587 g/mol. The summed E-state index contributed by atoms with van der Waals surface area (Å²) in [6.07, 6.45) is 0. The van der Waals surface area contributed by atoms with E-state index in [2.05, 4.69) is 100.0 Å². The molecule has 4 aromatic heterocycles. The van der Waals surface area contributed by atoms with Gasteiger partial charge in [0.05, 0.1) is 27.6 Å². The molecule has 6 aromatic carbocycles. The second-order valence-corrected chi connectivity index (χ2v) is 11.7. The van der Waals surface area contributed by atoms with Gasteiger partial charge >= 0.3 is 0 Å². The minimum atomic E-state index is 0.593. The van der Waals surface area contributed by atoms with Crippen molar-refractivity contribution in [2.75, 3.05) is 0 Å². The molecule has 5 heteroatoms. The molecule has 0 N–H and O–H groups in total. The van der Waals surface area contributed by atoms with E-state index in [4.69, 9.17) is 15.0 Å². The fraction of sp³-hybridized carbons (Fsp3) is 0. The molecular weight excluding hydrogens is 562 g/mol. The van der Waals surface area contributed by atoms with Gasteiger partial charge < -0.3 is 4.40 Å². The van der Waals surface area contributed by atoms with Crippen molar-refractivity contribution in [1.82, 2.24) is 23.9 Å². The maximum absolute atomic E-state index is 5.13. The molecule has 0 atom stereocenters. The van der Waals surface area contributed by atoms with E-state index >= 15 is 0 Å². The van der Waals surface area contributed by atoms with E-state index < -0.39 is 0 Å². The minimum absolute atomic E-state index is 0.593. The average Bonchev–Trinajstić information content (AvgIpc) is 3.68.